The number of hydrogen-bond acceptors (Lipinski definition) is 9. The molecule has 0 radical (unpaired) electrons. The van der Waals surface area contributed by atoms with Crippen molar-refractivity contribution >= 4 is 28.0 Å². The van der Waals surface area contributed by atoms with Gasteiger partial charge in [-0.15, -0.1) is 6.58 Å². The Morgan fingerprint density at radius 3 is 2.35 bits per heavy atom. The van der Waals surface area contributed by atoms with Crippen molar-refractivity contribution in [3.8, 4) is 17.2 Å². The summed E-state index contributed by atoms with van der Waals surface area (Å²) in [5.74, 6) is 0.163. The lowest BCUT2D eigenvalue weighted by molar-refractivity contribution is -0.205. The van der Waals surface area contributed by atoms with Crippen LogP contribution in [-0.2, 0) is 44.1 Å². The molecule has 3 aromatic rings. The standard InChI is InChI=1S/C34H39N5O8S/c1-4-19-37-23-32(41)38-28(20-25-13-16-27(17-14-25)47-48(35,43)44)34(42)36(21-26-11-8-12-29(45-2)33(26)46-3)22-30(38)39(37)31(40)18-15-24-9-6-5-7-10-24/h4-14,16-17,28,30H,1,15,18-23H2,2-3H3,(H2,35,43,44)/t28-,30-/m0/s1. The second kappa shape index (κ2) is 14.9. The number of benzene rings is 3. The van der Waals surface area contributed by atoms with Crippen molar-refractivity contribution in [2.24, 2.45) is 5.14 Å². The summed E-state index contributed by atoms with van der Waals surface area (Å²) in [6, 6.07) is 20.1. The third-order valence-electron chi connectivity index (χ3n) is 8.31. The summed E-state index contributed by atoms with van der Waals surface area (Å²) >= 11 is 0. The van der Waals surface area contributed by atoms with Crippen LogP contribution in [0.1, 0.15) is 23.1 Å². The van der Waals surface area contributed by atoms with Crippen LogP contribution in [0.25, 0.3) is 0 Å². The molecule has 0 spiro atoms. The summed E-state index contributed by atoms with van der Waals surface area (Å²) in [4.78, 5) is 45.4. The van der Waals surface area contributed by atoms with Crippen LogP contribution in [0.2, 0.25) is 0 Å². The van der Waals surface area contributed by atoms with Gasteiger partial charge in [-0.1, -0.05) is 60.7 Å². The van der Waals surface area contributed by atoms with Crippen LogP contribution in [0.5, 0.6) is 17.2 Å². The van der Waals surface area contributed by atoms with E-state index in [4.69, 9.17) is 18.8 Å². The van der Waals surface area contributed by atoms with E-state index >= 15 is 0 Å². The van der Waals surface area contributed by atoms with Crippen LogP contribution in [0.15, 0.2) is 85.5 Å². The van der Waals surface area contributed by atoms with E-state index in [1.807, 2.05) is 36.4 Å². The Morgan fingerprint density at radius 1 is 0.979 bits per heavy atom. The van der Waals surface area contributed by atoms with Gasteiger partial charge >= 0.3 is 10.3 Å². The zero-order valence-electron chi connectivity index (χ0n) is 26.9. The van der Waals surface area contributed by atoms with Gasteiger partial charge in [-0.05, 0) is 35.7 Å². The first-order valence-electron chi connectivity index (χ1n) is 15.4. The van der Waals surface area contributed by atoms with E-state index in [9.17, 15) is 22.8 Å². The van der Waals surface area contributed by atoms with Crippen molar-refractivity contribution in [1.29, 1.82) is 0 Å². The number of ether oxygens (including phenoxy) is 2. The van der Waals surface area contributed by atoms with E-state index in [1.54, 1.807) is 45.3 Å². The Hall–Kier alpha value is -4.92. The van der Waals surface area contributed by atoms with Crippen molar-refractivity contribution in [3.05, 3.63) is 102 Å². The van der Waals surface area contributed by atoms with Gasteiger partial charge in [0.15, 0.2) is 11.5 Å². The van der Waals surface area contributed by atoms with Crippen molar-refractivity contribution in [2.45, 2.75) is 38.0 Å². The maximum absolute atomic E-state index is 14.3. The molecule has 0 aliphatic carbocycles. The number of hydrogen-bond donors (Lipinski definition) is 1. The zero-order chi connectivity index (χ0) is 34.4. The lowest BCUT2D eigenvalue weighted by atomic mass is 9.98. The van der Waals surface area contributed by atoms with Crippen molar-refractivity contribution in [1.82, 2.24) is 19.8 Å². The molecule has 0 unspecified atom stereocenters. The van der Waals surface area contributed by atoms with E-state index in [2.05, 4.69) is 6.58 Å². The summed E-state index contributed by atoms with van der Waals surface area (Å²) < 4.78 is 38.7. The zero-order valence-corrected chi connectivity index (χ0v) is 27.7. The fourth-order valence-corrected chi connectivity index (χ4v) is 6.62. The number of nitrogens with two attached hydrogens (primary N) is 1. The van der Waals surface area contributed by atoms with E-state index < -0.39 is 22.5 Å². The molecule has 2 atom stereocenters. The molecule has 3 aromatic carbocycles. The van der Waals surface area contributed by atoms with Gasteiger partial charge < -0.3 is 23.5 Å². The number of para-hydroxylation sites is 1. The highest BCUT2D eigenvalue weighted by molar-refractivity contribution is 7.84. The van der Waals surface area contributed by atoms with Crippen molar-refractivity contribution in [3.63, 3.8) is 0 Å². The van der Waals surface area contributed by atoms with Gasteiger partial charge in [0.2, 0.25) is 17.7 Å². The minimum atomic E-state index is -4.23. The Bertz CT molecular complexity index is 1750. The molecule has 14 heteroatoms. The van der Waals surface area contributed by atoms with Crippen LogP contribution in [0, 0.1) is 0 Å². The number of carbonyl (C=O) groups excluding carboxylic acids is 3. The number of piperazine rings is 1. The lowest BCUT2D eigenvalue weighted by Crippen LogP contribution is -2.75. The molecule has 0 bridgehead atoms. The summed E-state index contributed by atoms with van der Waals surface area (Å²) in [5.41, 5.74) is 2.33. The van der Waals surface area contributed by atoms with Crippen LogP contribution in [-0.4, -0.2) is 92.0 Å². The molecular formula is C34H39N5O8S. The number of hydrazine groups is 1. The van der Waals surface area contributed by atoms with Crippen molar-refractivity contribution < 1.29 is 36.5 Å². The molecule has 5 rings (SSSR count). The van der Waals surface area contributed by atoms with Crippen LogP contribution >= 0.6 is 0 Å². The Morgan fingerprint density at radius 2 is 1.71 bits per heavy atom. The highest BCUT2D eigenvalue weighted by Gasteiger charge is 2.51. The van der Waals surface area contributed by atoms with Gasteiger partial charge in [-0.25, -0.2) is 10.0 Å². The average Bonchev–Trinajstić information content (AvgIpc) is 3.06. The maximum atomic E-state index is 14.3. The molecule has 2 N–H and O–H groups in total. The minimum Gasteiger partial charge on any atom is -0.493 e. The summed E-state index contributed by atoms with van der Waals surface area (Å²) in [7, 11) is -1.18. The minimum absolute atomic E-state index is 0.00477. The van der Waals surface area contributed by atoms with Gasteiger partial charge in [0.1, 0.15) is 18.0 Å². The summed E-state index contributed by atoms with van der Waals surface area (Å²) in [6.07, 6.45) is 1.60. The number of carbonyl (C=O) groups is 3. The Kier molecular flexibility index (Phi) is 10.7. The molecule has 2 heterocycles. The highest BCUT2D eigenvalue weighted by Crippen LogP contribution is 2.34. The number of nitrogens with zero attached hydrogens (tertiary/aromatic N) is 4. The molecule has 0 saturated carbocycles. The highest BCUT2D eigenvalue weighted by atomic mass is 32.2. The molecular weight excluding hydrogens is 638 g/mol. The average molecular weight is 678 g/mol. The molecule has 13 nitrogen and oxygen atoms in total. The van der Waals surface area contributed by atoms with Gasteiger partial charge in [-0.2, -0.15) is 13.6 Å². The SMILES string of the molecule is C=CCN1CC(=O)N2[C@@H](Cc3ccc(OS(N)(=O)=O)cc3)C(=O)N(Cc3cccc(OC)c3OC)C[C@@H]2N1C(=O)CCc1ccccc1. The molecule has 48 heavy (non-hydrogen) atoms. The number of aryl methyl sites for hydroxylation is 1. The van der Waals surface area contributed by atoms with Crippen LogP contribution in [0.4, 0.5) is 0 Å². The first kappa shape index (κ1) is 34.4. The molecule has 2 aliphatic rings. The maximum Gasteiger partial charge on any atom is 0.380 e. The second-order valence-electron chi connectivity index (χ2n) is 11.5. The topological polar surface area (TPSA) is 152 Å². The number of methoxy groups -OCH3 is 2. The second-order valence-corrected chi connectivity index (χ2v) is 12.6. The molecule has 2 fully saturated rings. The van der Waals surface area contributed by atoms with Gasteiger partial charge in [0.05, 0.1) is 27.3 Å². The lowest BCUT2D eigenvalue weighted by Gasteiger charge is -2.55. The quantitative estimate of drug-likeness (QED) is 0.269. The van der Waals surface area contributed by atoms with Gasteiger partial charge in [0.25, 0.3) is 0 Å². The van der Waals surface area contributed by atoms with Crippen molar-refractivity contribution in [2.75, 3.05) is 33.9 Å². The first-order valence-corrected chi connectivity index (χ1v) is 16.8. The largest absolute Gasteiger partial charge is 0.493 e. The molecule has 2 aliphatic heterocycles. The number of amides is 3. The van der Waals surface area contributed by atoms with E-state index in [-0.39, 0.29) is 62.5 Å². The predicted octanol–water partition coefficient (Wildman–Crippen LogP) is 2.27. The normalized spacial score (nSPS) is 18.4. The third-order valence-corrected chi connectivity index (χ3v) is 8.73. The molecule has 0 aromatic heterocycles. The summed E-state index contributed by atoms with van der Waals surface area (Å²) in [6.45, 7) is 4.15. The van der Waals surface area contributed by atoms with E-state index in [1.165, 1.54) is 31.3 Å². The predicted molar refractivity (Wildman–Crippen MR) is 177 cm³/mol. The third kappa shape index (κ3) is 7.78. The number of rotatable bonds is 13. The van der Waals surface area contributed by atoms with Crippen LogP contribution in [0.3, 0.4) is 0 Å². The van der Waals surface area contributed by atoms with E-state index in [0.717, 1.165) is 5.56 Å². The number of fused-ring (bicyclic) bond motifs is 1. The first-order chi connectivity index (χ1) is 23.0. The van der Waals surface area contributed by atoms with Crippen LogP contribution < -0.4 is 18.8 Å². The molecule has 3 amide bonds. The van der Waals surface area contributed by atoms with Gasteiger partial charge in [0, 0.05) is 31.5 Å². The Labute approximate surface area is 280 Å². The molecule has 254 valence electrons. The van der Waals surface area contributed by atoms with Gasteiger partial charge in [-0.3, -0.25) is 14.4 Å². The smallest absolute Gasteiger partial charge is 0.380 e. The Balaban J connectivity index is 1.52. The summed E-state index contributed by atoms with van der Waals surface area (Å²) in [5, 5.41) is 8.28. The monoisotopic (exact) mass is 677 g/mol. The van der Waals surface area contributed by atoms with E-state index in [0.29, 0.717) is 29.0 Å². The molecule has 2 saturated heterocycles. The fraction of sp³-hybridized carbons (Fsp3) is 0.324. The fourth-order valence-electron chi connectivity index (χ4n) is 6.24.